The van der Waals surface area contributed by atoms with Crippen LogP contribution in [0.2, 0.25) is 0 Å². The lowest BCUT2D eigenvalue weighted by Gasteiger charge is -2.09. The molecule has 7 heteroatoms. The monoisotopic (exact) mass is 451 g/mol. The summed E-state index contributed by atoms with van der Waals surface area (Å²) in [4.78, 5) is 24.5. The Balaban J connectivity index is 1.59. The molecule has 29 heavy (non-hydrogen) atoms. The van der Waals surface area contributed by atoms with Crippen LogP contribution in [0.1, 0.15) is 0 Å². The first-order valence-corrected chi connectivity index (χ1v) is 9.61. The number of rotatable bonds is 4. The molecule has 0 saturated heterocycles. The van der Waals surface area contributed by atoms with Gasteiger partial charge in [-0.1, -0.05) is 52.3 Å². The maximum absolute atomic E-state index is 13.9. The number of benzene rings is 3. The number of nitrogens with zero attached hydrogens (tertiary/aromatic N) is 2. The second-order valence-electron chi connectivity index (χ2n) is 6.45. The highest BCUT2D eigenvalue weighted by atomic mass is 79.9. The third-order valence-electron chi connectivity index (χ3n) is 4.41. The second kappa shape index (κ2) is 7.97. The minimum absolute atomic E-state index is 0.0388. The number of nitrogens with one attached hydrogen (secondary N) is 1. The molecule has 5 nitrogen and oxygen atoms in total. The average molecular weight is 452 g/mol. The lowest BCUT2D eigenvalue weighted by molar-refractivity contribution is -0.117. The van der Waals surface area contributed by atoms with E-state index in [0.717, 1.165) is 21.0 Å². The van der Waals surface area contributed by atoms with Crippen molar-refractivity contribution in [2.24, 2.45) is 0 Å². The number of anilines is 1. The predicted octanol–water partition coefficient (Wildman–Crippen LogP) is 4.60. The van der Waals surface area contributed by atoms with Gasteiger partial charge in [-0.15, -0.1) is 0 Å². The van der Waals surface area contributed by atoms with E-state index in [1.54, 1.807) is 12.1 Å². The van der Waals surface area contributed by atoms with Gasteiger partial charge >= 0.3 is 0 Å². The summed E-state index contributed by atoms with van der Waals surface area (Å²) in [7, 11) is 0. The van der Waals surface area contributed by atoms with Gasteiger partial charge in [0.25, 0.3) is 5.56 Å². The summed E-state index contributed by atoms with van der Waals surface area (Å²) < 4.78 is 15.5. The van der Waals surface area contributed by atoms with Gasteiger partial charge in [-0.05, 0) is 41.1 Å². The van der Waals surface area contributed by atoms with E-state index in [9.17, 15) is 14.0 Å². The molecule has 0 bridgehead atoms. The summed E-state index contributed by atoms with van der Waals surface area (Å²) in [6.45, 7) is -0.324. The molecule has 4 rings (SSSR count). The van der Waals surface area contributed by atoms with Gasteiger partial charge in [0.15, 0.2) is 0 Å². The molecule has 1 heterocycles. The van der Waals surface area contributed by atoms with Gasteiger partial charge in [-0.25, -0.2) is 9.07 Å². The van der Waals surface area contributed by atoms with Gasteiger partial charge < -0.3 is 5.32 Å². The van der Waals surface area contributed by atoms with E-state index in [-0.39, 0.29) is 12.2 Å². The van der Waals surface area contributed by atoms with Crippen molar-refractivity contribution in [2.75, 3.05) is 5.32 Å². The lowest BCUT2D eigenvalue weighted by atomic mass is 10.1. The number of hydrogen-bond donors (Lipinski definition) is 1. The molecule has 0 radical (unpaired) electrons. The van der Waals surface area contributed by atoms with Crippen molar-refractivity contribution in [3.63, 3.8) is 0 Å². The molecule has 3 aromatic carbocycles. The third kappa shape index (κ3) is 4.25. The number of halogens is 2. The van der Waals surface area contributed by atoms with Gasteiger partial charge in [-0.2, -0.15) is 5.10 Å². The molecule has 144 valence electrons. The van der Waals surface area contributed by atoms with Gasteiger partial charge in [0.1, 0.15) is 12.4 Å². The lowest BCUT2D eigenvalue weighted by Crippen LogP contribution is -2.29. The number of amides is 1. The molecule has 0 aliphatic carbocycles. The van der Waals surface area contributed by atoms with Gasteiger partial charge in [0, 0.05) is 16.1 Å². The zero-order chi connectivity index (χ0) is 20.4. The molecule has 0 aliphatic heterocycles. The van der Waals surface area contributed by atoms with Gasteiger partial charge in [0.2, 0.25) is 5.91 Å². The molecule has 0 spiro atoms. The molecule has 0 atom stereocenters. The van der Waals surface area contributed by atoms with Crippen molar-refractivity contribution in [1.29, 1.82) is 0 Å². The smallest absolute Gasteiger partial charge is 0.267 e. The van der Waals surface area contributed by atoms with E-state index in [0.29, 0.717) is 10.2 Å². The van der Waals surface area contributed by atoms with E-state index >= 15 is 0 Å². The summed E-state index contributed by atoms with van der Waals surface area (Å²) >= 11 is 3.16. The van der Waals surface area contributed by atoms with E-state index in [4.69, 9.17) is 0 Å². The Kier molecular flexibility index (Phi) is 5.22. The van der Waals surface area contributed by atoms with Crippen molar-refractivity contribution < 1.29 is 9.18 Å². The molecule has 1 amide bonds. The van der Waals surface area contributed by atoms with Gasteiger partial charge in [0.05, 0.1) is 11.4 Å². The van der Waals surface area contributed by atoms with E-state index in [1.165, 1.54) is 18.2 Å². The topological polar surface area (TPSA) is 64.0 Å². The van der Waals surface area contributed by atoms with Crippen LogP contribution in [0.25, 0.3) is 22.0 Å². The van der Waals surface area contributed by atoms with E-state index in [1.807, 2.05) is 42.5 Å². The molecular weight excluding hydrogens is 437 g/mol. The van der Waals surface area contributed by atoms with E-state index < -0.39 is 17.3 Å². The maximum atomic E-state index is 13.9. The van der Waals surface area contributed by atoms with Crippen molar-refractivity contribution in [1.82, 2.24) is 9.78 Å². The van der Waals surface area contributed by atoms with Crippen LogP contribution >= 0.6 is 15.9 Å². The fourth-order valence-corrected chi connectivity index (χ4v) is 3.31. The molecule has 0 saturated carbocycles. The minimum atomic E-state index is -0.571. The zero-order valence-corrected chi connectivity index (χ0v) is 16.7. The molecule has 1 aromatic heterocycles. The Labute approximate surface area is 173 Å². The minimum Gasteiger partial charge on any atom is -0.322 e. The van der Waals surface area contributed by atoms with Crippen LogP contribution < -0.4 is 10.9 Å². The molecule has 0 aliphatic rings. The molecule has 0 fully saturated rings. The number of carbonyl (C=O) groups is 1. The van der Waals surface area contributed by atoms with Crippen LogP contribution in [0.3, 0.4) is 0 Å². The number of fused-ring (bicyclic) bond motifs is 1. The summed E-state index contributed by atoms with van der Waals surface area (Å²) in [5.74, 6) is -1.12. The molecule has 4 aromatic rings. The fraction of sp³-hybridized carbons (Fsp3) is 0.0455. The highest BCUT2D eigenvalue weighted by Gasteiger charge is 2.11. The summed E-state index contributed by atoms with van der Waals surface area (Å²) in [5.41, 5.74) is 1.02. The number of carbonyl (C=O) groups excluding carboxylic acids is 1. The highest BCUT2D eigenvalue weighted by molar-refractivity contribution is 9.10. The summed E-state index contributed by atoms with van der Waals surface area (Å²) in [5, 5.41) is 8.92. The van der Waals surface area contributed by atoms with Crippen LogP contribution in [0.5, 0.6) is 0 Å². The van der Waals surface area contributed by atoms with Crippen LogP contribution in [0.15, 0.2) is 82.1 Å². The average Bonchev–Trinajstić information content (AvgIpc) is 2.71. The van der Waals surface area contributed by atoms with Crippen LogP contribution in [-0.2, 0) is 11.3 Å². The fourth-order valence-electron chi connectivity index (χ4n) is 2.98. The summed E-state index contributed by atoms with van der Waals surface area (Å²) in [6.07, 6.45) is 0. The Hall–Kier alpha value is -3.32. The number of hydrogen-bond acceptors (Lipinski definition) is 3. The Bertz CT molecular complexity index is 1290. The third-order valence-corrected chi connectivity index (χ3v) is 4.90. The SMILES string of the molecule is O=C(Cn1nc(-c2ccc3ccccc3c2)ccc1=O)Nc1ccc(Br)cc1F. The normalized spacial score (nSPS) is 10.8. The molecule has 0 unspecified atom stereocenters. The quantitative estimate of drug-likeness (QED) is 0.492. The van der Waals surface area contributed by atoms with Crippen molar-refractivity contribution in [3.8, 4) is 11.3 Å². The first-order chi connectivity index (χ1) is 14.0. The standard InChI is InChI=1S/C22H15BrFN3O2/c23-17-7-8-20(18(24)12-17)25-21(28)13-27-22(29)10-9-19(26-27)16-6-5-14-3-1-2-4-15(14)11-16/h1-12H,13H2,(H,25,28). The maximum Gasteiger partial charge on any atom is 0.267 e. The second-order valence-corrected chi connectivity index (χ2v) is 7.36. The van der Waals surface area contributed by atoms with Gasteiger partial charge in [-0.3, -0.25) is 9.59 Å². The van der Waals surface area contributed by atoms with Crippen molar-refractivity contribution in [2.45, 2.75) is 6.54 Å². The highest BCUT2D eigenvalue weighted by Crippen LogP contribution is 2.22. The van der Waals surface area contributed by atoms with Crippen LogP contribution in [-0.4, -0.2) is 15.7 Å². The first kappa shape index (κ1) is 19.0. The first-order valence-electron chi connectivity index (χ1n) is 8.82. The van der Waals surface area contributed by atoms with Crippen molar-refractivity contribution >= 4 is 38.3 Å². The van der Waals surface area contributed by atoms with Crippen molar-refractivity contribution in [3.05, 3.63) is 93.4 Å². The molecule has 1 N–H and O–H groups in total. The molecular formula is C22H15BrFN3O2. The number of aromatic nitrogens is 2. The van der Waals surface area contributed by atoms with Crippen LogP contribution in [0.4, 0.5) is 10.1 Å². The Morgan fingerprint density at radius 1 is 1.00 bits per heavy atom. The zero-order valence-electron chi connectivity index (χ0n) is 15.1. The van der Waals surface area contributed by atoms with E-state index in [2.05, 4.69) is 26.3 Å². The predicted molar refractivity (Wildman–Crippen MR) is 114 cm³/mol. The Morgan fingerprint density at radius 2 is 1.79 bits per heavy atom. The van der Waals surface area contributed by atoms with Crippen LogP contribution in [0, 0.1) is 5.82 Å². The largest absolute Gasteiger partial charge is 0.322 e. The summed E-state index contributed by atoms with van der Waals surface area (Å²) in [6, 6.07) is 21.1. The Morgan fingerprint density at radius 3 is 2.59 bits per heavy atom.